The molecule has 0 saturated carbocycles. The van der Waals surface area contributed by atoms with Crippen LogP contribution in [0.2, 0.25) is 0 Å². The fourth-order valence-electron chi connectivity index (χ4n) is 2.51. The summed E-state index contributed by atoms with van der Waals surface area (Å²) in [5.74, 6) is -0.437. The number of carbonyl (C=O) groups excluding carboxylic acids is 1. The largest absolute Gasteiger partial charge is 0.348 e. The highest BCUT2D eigenvalue weighted by Crippen LogP contribution is 2.18. The van der Waals surface area contributed by atoms with Gasteiger partial charge >= 0.3 is 0 Å². The first kappa shape index (κ1) is 13.0. The number of hydrogen-bond donors (Lipinski definition) is 2. The van der Waals surface area contributed by atoms with Gasteiger partial charge in [0, 0.05) is 24.0 Å². The number of rotatable bonds is 2. The zero-order valence-corrected chi connectivity index (χ0v) is 11.2. The molecule has 1 atom stereocenters. The highest BCUT2D eigenvalue weighted by atomic mass is 19.1. The summed E-state index contributed by atoms with van der Waals surface area (Å²) in [7, 11) is 0. The molecule has 0 radical (unpaired) electrons. The van der Waals surface area contributed by atoms with Crippen molar-refractivity contribution in [2.75, 3.05) is 13.1 Å². The van der Waals surface area contributed by atoms with Crippen LogP contribution in [0, 0.1) is 12.7 Å². The lowest BCUT2D eigenvalue weighted by molar-refractivity contribution is 0.0939. The Morgan fingerprint density at radius 2 is 2.30 bits per heavy atom. The second-order valence-electron chi connectivity index (χ2n) is 5.12. The molecular formula is C15H16FN3O. The second-order valence-corrected chi connectivity index (χ2v) is 5.12. The van der Waals surface area contributed by atoms with Crippen molar-refractivity contribution < 1.29 is 9.18 Å². The van der Waals surface area contributed by atoms with Crippen molar-refractivity contribution in [3.63, 3.8) is 0 Å². The van der Waals surface area contributed by atoms with E-state index in [0.717, 1.165) is 24.9 Å². The minimum absolute atomic E-state index is 0.116. The van der Waals surface area contributed by atoms with E-state index >= 15 is 0 Å². The van der Waals surface area contributed by atoms with Gasteiger partial charge in [0.2, 0.25) is 0 Å². The molecular weight excluding hydrogens is 257 g/mol. The van der Waals surface area contributed by atoms with Gasteiger partial charge in [-0.1, -0.05) is 0 Å². The third-order valence-corrected chi connectivity index (χ3v) is 3.61. The Morgan fingerprint density at radius 3 is 3.05 bits per heavy atom. The number of pyridine rings is 1. The van der Waals surface area contributed by atoms with E-state index in [1.165, 1.54) is 12.1 Å². The molecule has 104 valence electrons. The predicted octanol–water partition coefficient (Wildman–Crippen LogP) is 1.77. The molecule has 1 aliphatic heterocycles. The Kier molecular flexibility index (Phi) is 3.36. The molecule has 4 nitrogen and oxygen atoms in total. The standard InChI is InChI=1S/C15H16FN3O/c1-9-13(15(20)19-12-4-5-17-8-12)6-10-2-3-11(16)7-14(10)18-9/h2-3,6-7,12,17H,4-5,8H2,1H3,(H,19,20). The summed E-state index contributed by atoms with van der Waals surface area (Å²) < 4.78 is 13.2. The van der Waals surface area contributed by atoms with Crippen molar-refractivity contribution in [2.24, 2.45) is 0 Å². The smallest absolute Gasteiger partial charge is 0.253 e. The number of aryl methyl sites for hydroxylation is 1. The van der Waals surface area contributed by atoms with Crippen LogP contribution in [-0.2, 0) is 0 Å². The molecule has 2 N–H and O–H groups in total. The number of aromatic nitrogens is 1. The van der Waals surface area contributed by atoms with Crippen molar-refractivity contribution >= 4 is 16.8 Å². The molecule has 0 aliphatic carbocycles. The first-order chi connectivity index (χ1) is 9.63. The van der Waals surface area contributed by atoms with Crippen LogP contribution in [0.15, 0.2) is 24.3 Å². The molecule has 2 aromatic rings. The van der Waals surface area contributed by atoms with Gasteiger partial charge in [0.15, 0.2) is 0 Å². The molecule has 1 unspecified atom stereocenters. The first-order valence-corrected chi connectivity index (χ1v) is 6.72. The maximum absolute atomic E-state index is 13.2. The van der Waals surface area contributed by atoms with Gasteiger partial charge in [0.05, 0.1) is 16.8 Å². The Labute approximate surface area is 116 Å². The number of benzene rings is 1. The number of halogens is 1. The first-order valence-electron chi connectivity index (χ1n) is 6.72. The molecule has 1 fully saturated rings. The molecule has 1 amide bonds. The van der Waals surface area contributed by atoms with Gasteiger partial charge < -0.3 is 10.6 Å². The molecule has 1 aromatic carbocycles. The van der Waals surface area contributed by atoms with Crippen molar-refractivity contribution in [3.8, 4) is 0 Å². The SMILES string of the molecule is Cc1nc2cc(F)ccc2cc1C(=O)NC1CCNC1. The van der Waals surface area contributed by atoms with E-state index in [1.54, 1.807) is 19.1 Å². The van der Waals surface area contributed by atoms with Crippen molar-refractivity contribution in [1.82, 2.24) is 15.6 Å². The molecule has 1 saturated heterocycles. The summed E-state index contributed by atoms with van der Waals surface area (Å²) >= 11 is 0. The van der Waals surface area contributed by atoms with Crippen LogP contribution in [0.5, 0.6) is 0 Å². The average Bonchev–Trinajstić information content (AvgIpc) is 2.90. The van der Waals surface area contributed by atoms with Gasteiger partial charge in [-0.2, -0.15) is 0 Å². The van der Waals surface area contributed by atoms with Gasteiger partial charge in [-0.15, -0.1) is 0 Å². The van der Waals surface area contributed by atoms with E-state index in [2.05, 4.69) is 15.6 Å². The third kappa shape index (κ3) is 2.49. The zero-order chi connectivity index (χ0) is 14.1. The van der Waals surface area contributed by atoms with E-state index in [4.69, 9.17) is 0 Å². The van der Waals surface area contributed by atoms with Crippen LogP contribution in [0.4, 0.5) is 4.39 Å². The van der Waals surface area contributed by atoms with E-state index in [9.17, 15) is 9.18 Å². The van der Waals surface area contributed by atoms with Crippen LogP contribution < -0.4 is 10.6 Å². The maximum atomic E-state index is 13.2. The maximum Gasteiger partial charge on any atom is 0.253 e. The Morgan fingerprint density at radius 1 is 1.45 bits per heavy atom. The lowest BCUT2D eigenvalue weighted by Gasteiger charge is -2.13. The van der Waals surface area contributed by atoms with Crippen LogP contribution in [-0.4, -0.2) is 30.0 Å². The number of carbonyl (C=O) groups is 1. The molecule has 2 heterocycles. The number of fused-ring (bicyclic) bond motifs is 1. The number of nitrogens with zero attached hydrogens (tertiary/aromatic N) is 1. The minimum atomic E-state index is -0.321. The second kappa shape index (κ2) is 5.17. The van der Waals surface area contributed by atoms with E-state index in [-0.39, 0.29) is 17.8 Å². The summed E-state index contributed by atoms with van der Waals surface area (Å²) in [5, 5.41) is 6.97. The van der Waals surface area contributed by atoms with Crippen LogP contribution >= 0.6 is 0 Å². The Balaban J connectivity index is 1.92. The summed E-state index contributed by atoms with van der Waals surface area (Å²) in [6, 6.07) is 6.35. The molecule has 0 bridgehead atoms. The monoisotopic (exact) mass is 273 g/mol. The van der Waals surface area contributed by atoms with Gasteiger partial charge in [0.1, 0.15) is 5.82 Å². The predicted molar refractivity (Wildman–Crippen MR) is 75.2 cm³/mol. The topological polar surface area (TPSA) is 54.0 Å². The molecule has 20 heavy (non-hydrogen) atoms. The lowest BCUT2D eigenvalue weighted by Crippen LogP contribution is -2.36. The normalized spacial score (nSPS) is 18.4. The molecule has 1 aromatic heterocycles. The fourth-order valence-corrected chi connectivity index (χ4v) is 2.51. The van der Waals surface area contributed by atoms with Crippen molar-refractivity contribution in [3.05, 3.63) is 41.3 Å². The van der Waals surface area contributed by atoms with Gasteiger partial charge in [-0.05, 0) is 38.1 Å². The number of hydrogen-bond acceptors (Lipinski definition) is 3. The van der Waals surface area contributed by atoms with E-state index in [1.807, 2.05) is 0 Å². The van der Waals surface area contributed by atoms with Gasteiger partial charge in [-0.25, -0.2) is 4.39 Å². The Hall–Kier alpha value is -2.01. The summed E-state index contributed by atoms with van der Waals surface area (Å²) in [4.78, 5) is 16.6. The number of nitrogens with one attached hydrogen (secondary N) is 2. The van der Waals surface area contributed by atoms with Crippen LogP contribution in [0.25, 0.3) is 10.9 Å². The summed E-state index contributed by atoms with van der Waals surface area (Å²) in [6.45, 7) is 3.50. The van der Waals surface area contributed by atoms with Gasteiger partial charge in [-0.3, -0.25) is 9.78 Å². The minimum Gasteiger partial charge on any atom is -0.348 e. The fraction of sp³-hybridized carbons (Fsp3) is 0.333. The zero-order valence-electron chi connectivity index (χ0n) is 11.2. The molecule has 0 spiro atoms. The van der Waals surface area contributed by atoms with Crippen molar-refractivity contribution in [1.29, 1.82) is 0 Å². The highest BCUT2D eigenvalue weighted by Gasteiger charge is 2.19. The molecule has 3 rings (SSSR count). The summed E-state index contributed by atoms with van der Waals surface area (Å²) in [5.41, 5.74) is 1.74. The van der Waals surface area contributed by atoms with Crippen LogP contribution in [0.1, 0.15) is 22.5 Å². The van der Waals surface area contributed by atoms with E-state index in [0.29, 0.717) is 16.8 Å². The Bertz CT molecular complexity index is 665. The number of amides is 1. The highest BCUT2D eigenvalue weighted by molar-refractivity contribution is 5.98. The van der Waals surface area contributed by atoms with E-state index < -0.39 is 0 Å². The molecule has 5 heteroatoms. The third-order valence-electron chi connectivity index (χ3n) is 3.61. The van der Waals surface area contributed by atoms with Crippen LogP contribution in [0.3, 0.4) is 0 Å². The average molecular weight is 273 g/mol. The van der Waals surface area contributed by atoms with Gasteiger partial charge in [0.25, 0.3) is 5.91 Å². The lowest BCUT2D eigenvalue weighted by atomic mass is 10.1. The molecule has 1 aliphatic rings. The summed E-state index contributed by atoms with van der Waals surface area (Å²) in [6.07, 6.45) is 0.941. The quantitative estimate of drug-likeness (QED) is 0.877. The van der Waals surface area contributed by atoms with Crippen molar-refractivity contribution in [2.45, 2.75) is 19.4 Å².